The van der Waals surface area contributed by atoms with Crippen molar-refractivity contribution in [1.29, 1.82) is 0 Å². The van der Waals surface area contributed by atoms with Gasteiger partial charge in [-0.3, -0.25) is 9.79 Å². The smallest absolute Gasteiger partial charge is 0.274 e. The van der Waals surface area contributed by atoms with Crippen LogP contribution in [0.4, 0.5) is 5.69 Å². The first-order chi connectivity index (χ1) is 6.20. The zero-order chi connectivity index (χ0) is 9.42. The molecule has 0 radical (unpaired) electrons. The molecule has 1 N–H and O–H groups in total. The van der Waals surface area contributed by atoms with E-state index in [0.29, 0.717) is 17.5 Å². The molecule has 13 heavy (non-hydrogen) atoms. The summed E-state index contributed by atoms with van der Waals surface area (Å²) < 4.78 is 0. The number of hydrogen-bond acceptors (Lipinski definition) is 2. The average Bonchev–Trinajstić information content (AvgIpc) is 2.12. The van der Waals surface area contributed by atoms with Crippen LogP contribution >= 0.6 is 0 Å². The molecule has 2 heterocycles. The number of aliphatic imine (C=N–C) groups is 1. The molecule has 2 atom stereocenters. The molecule has 0 spiro atoms. The van der Waals surface area contributed by atoms with Crippen molar-refractivity contribution >= 4 is 11.9 Å². The summed E-state index contributed by atoms with van der Waals surface area (Å²) >= 11 is 0. The van der Waals surface area contributed by atoms with Crippen molar-refractivity contribution in [2.24, 2.45) is 10.9 Å². The van der Waals surface area contributed by atoms with E-state index in [9.17, 15) is 4.79 Å². The van der Waals surface area contributed by atoms with Gasteiger partial charge in [-0.25, -0.2) is 0 Å². The highest BCUT2D eigenvalue weighted by Gasteiger charge is 2.21. The lowest BCUT2D eigenvalue weighted by Gasteiger charge is -2.21. The predicted octanol–water partition coefficient (Wildman–Crippen LogP) is 1.83. The van der Waals surface area contributed by atoms with E-state index >= 15 is 0 Å². The molecule has 1 aromatic heterocycles. The normalized spacial score (nSPS) is 25.7. The topological polar surface area (TPSA) is 45.2 Å². The minimum atomic E-state index is -0.0903. The number of aromatic nitrogens is 1. The molecule has 2 rings (SSSR count). The lowest BCUT2D eigenvalue weighted by Crippen LogP contribution is -2.17. The third-order valence-electron chi connectivity index (χ3n) is 2.68. The third-order valence-corrected chi connectivity index (χ3v) is 2.68. The lowest BCUT2D eigenvalue weighted by atomic mass is 9.87. The molecule has 2 unspecified atom stereocenters. The largest absolute Gasteiger partial charge is 0.327 e. The molecule has 0 saturated carbocycles. The number of nitrogens with zero attached hydrogens (tertiary/aromatic N) is 1. The van der Waals surface area contributed by atoms with Gasteiger partial charge in [0, 0.05) is 12.4 Å². The monoisotopic (exact) mass is 176 g/mol. The zero-order valence-electron chi connectivity index (χ0n) is 7.74. The van der Waals surface area contributed by atoms with Gasteiger partial charge in [0.2, 0.25) is 0 Å². The van der Waals surface area contributed by atoms with E-state index in [-0.39, 0.29) is 5.56 Å². The van der Waals surface area contributed by atoms with Gasteiger partial charge in [-0.1, -0.05) is 13.8 Å². The maximum absolute atomic E-state index is 11.3. The van der Waals surface area contributed by atoms with Crippen LogP contribution < -0.4 is 5.56 Å². The molecule has 3 heteroatoms. The van der Waals surface area contributed by atoms with Crippen LogP contribution in [0.2, 0.25) is 0 Å². The summed E-state index contributed by atoms with van der Waals surface area (Å²) in [6, 6.07) is 1.94. The highest BCUT2D eigenvalue weighted by Crippen LogP contribution is 2.31. The highest BCUT2D eigenvalue weighted by atomic mass is 16.1. The molecule has 0 aromatic carbocycles. The van der Waals surface area contributed by atoms with E-state index < -0.39 is 0 Å². The fraction of sp³-hybridized carbons (Fsp3) is 0.400. The quantitative estimate of drug-likeness (QED) is 0.644. The Bertz CT molecular complexity index is 406. The fourth-order valence-corrected chi connectivity index (χ4v) is 1.59. The summed E-state index contributed by atoms with van der Waals surface area (Å²) in [6.45, 7) is 4.23. The zero-order valence-corrected chi connectivity index (χ0v) is 7.74. The SMILES string of the molecule is CC1C=Nc2c(cc[nH]c2=O)C1C. The number of aromatic amines is 1. The van der Waals surface area contributed by atoms with Gasteiger partial charge in [0.1, 0.15) is 5.69 Å². The Morgan fingerprint density at radius 3 is 3.00 bits per heavy atom. The average molecular weight is 176 g/mol. The second-order valence-electron chi connectivity index (χ2n) is 3.54. The molecule has 1 aliphatic heterocycles. The Hall–Kier alpha value is -1.38. The highest BCUT2D eigenvalue weighted by molar-refractivity contribution is 5.71. The van der Waals surface area contributed by atoms with E-state index in [1.54, 1.807) is 6.20 Å². The standard InChI is InChI=1S/C10H12N2O/c1-6-5-12-9-8(7(6)2)3-4-11-10(9)13/h3-7H,1-2H3,(H,11,13). The second kappa shape index (κ2) is 2.83. The van der Waals surface area contributed by atoms with E-state index in [4.69, 9.17) is 0 Å². The molecule has 0 bridgehead atoms. The van der Waals surface area contributed by atoms with E-state index in [1.807, 2.05) is 12.3 Å². The van der Waals surface area contributed by atoms with Crippen molar-refractivity contribution in [3.8, 4) is 0 Å². The second-order valence-corrected chi connectivity index (χ2v) is 3.54. The summed E-state index contributed by atoms with van der Waals surface area (Å²) in [7, 11) is 0. The van der Waals surface area contributed by atoms with Gasteiger partial charge in [-0.2, -0.15) is 0 Å². The lowest BCUT2D eigenvalue weighted by molar-refractivity contribution is 0.624. The maximum Gasteiger partial charge on any atom is 0.274 e. The number of nitrogens with one attached hydrogen (secondary N) is 1. The van der Waals surface area contributed by atoms with Gasteiger partial charge in [0.05, 0.1) is 0 Å². The van der Waals surface area contributed by atoms with Gasteiger partial charge in [0.25, 0.3) is 5.56 Å². The minimum Gasteiger partial charge on any atom is -0.327 e. The number of rotatable bonds is 0. The molecule has 0 saturated heterocycles. The molecule has 0 fully saturated rings. The molecular weight excluding hydrogens is 164 g/mol. The Kier molecular flexibility index (Phi) is 1.79. The minimum absolute atomic E-state index is 0.0903. The Balaban J connectivity index is 2.65. The molecular formula is C10H12N2O. The summed E-state index contributed by atoms with van der Waals surface area (Å²) in [5.41, 5.74) is 1.54. The first-order valence-electron chi connectivity index (χ1n) is 4.46. The van der Waals surface area contributed by atoms with Gasteiger partial charge in [-0.15, -0.1) is 0 Å². The summed E-state index contributed by atoms with van der Waals surface area (Å²) in [5.74, 6) is 0.795. The van der Waals surface area contributed by atoms with Crippen LogP contribution in [-0.4, -0.2) is 11.2 Å². The van der Waals surface area contributed by atoms with Crippen molar-refractivity contribution in [3.63, 3.8) is 0 Å². The van der Waals surface area contributed by atoms with Gasteiger partial charge in [0.15, 0.2) is 0 Å². The van der Waals surface area contributed by atoms with Crippen molar-refractivity contribution in [1.82, 2.24) is 4.98 Å². The Morgan fingerprint density at radius 1 is 1.46 bits per heavy atom. The molecule has 0 amide bonds. The number of fused-ring (bicyclic) bond motifs is 1. The molecule has 0 aliphatic carbocycles. The van der Waals surface area contributed by atoms with Crippen LogP contribution in [0.3, 0.4) is 0 Å². The van der Waals surface area contributed by atoms with Gasteiger partial charge < -0.3 is 4.98 Å². The van der Waals surface area contributed by atoms with Crippen molar-refractivity contribution in [2.75, 3.05) is 0 Å². The summed E-state index contributed by atoms with van der Waals surface area (Å²) in [4.78, 5) is 18.1. The number of hydrogen-bond donors (Lipinski definition) is 1. The van der Waals surface area contributed by atoms with Crippen molar-refractivity contribution < 1.29 is 0 Å². The Morgan fingerprint density at radius 2 is 2.23 bits per heavy atom. The number of H-pyrrole nitrogens is 1. The maximum atomic E-state index is 11.3. The first-order valence-corrected chi connectivity index (χ1v) is 4.46. The van der Waals surface area contributed by atoms with Crippen LogP contribution in [0.25, 0.3) is 0 Å². The van der Waals surface area contributed by atoms with Gasteiger partial charge in [-0.05, 0) is 23.5 Å². The van der Waals surface area contributed by atoms with Crippen LogP contribution in [-0.2, 0) is 0 Å². The van der Waals surface area contributed by atoms with E-state index in [0.717, 1.165) is 5.56 Å². The fourth-order valence-electron chi connectivity index (χ4n) is 1.59. The summed E-state index contributed by atoms with van der Waals surface area (Å²) in [6.07, 6.45) is 3.54. The molecule has 3 nitrogen and oxygen atoms in total. The summed E-state index contributed by atoms with van der Waals surface area (Å²) in [5, 5.41) is 0. The van der Waals surface area contributed by atoms with Gasteiger partial charge >= 0.3 is 0 Å². The van der Waals surface area contributed by atoms with Crippen LogP contribution in [0.15, 0.2) is 22.1 Å². The molecule has 1 aromatic rings. The van der Waals surface area contributed by atoms with Crippen LogP contribution in [0.5, 0.6) is 0 Å². The van der Waals surface area contributed by atoms with Crippen molar-refractivity contribution in [3.05, 3.63) is 28.2 Å². The van der Waals surface area contributed by atoms with Crippen LogP contribution in [0.1, 0.15) is 25.3 Å². The number of pyridine rings is 1. The predicted molar refractivity (Wildman–Crippen MR) is 52.8 cm³/mol. The van der Waals surface area contributed by atoms with Crippen molar-refractivity contribution in [2.45, 2.75) is 19.8 Å². The molecule has 68 valence electrons. The van der Waals surface area contributed by atoms with E-state index in [2.05, 4.69) is 23.8 Å². The molecule has 1 aliphatic rings. The van der Waals surface area contributed by atoms with E-state index in [1.165, 1.54) is 0 Å². The van der Waals surface area contributed by atoms with Crippen LogP contribution in [0, 0.1) is 5.92 Å². The third kappa shape index (κ3) is 1.20. The Labute approximate surface area is 76.5 Å². The first kappa shape index (κ1) is 8.23.